The SMILES string of the molecule is COC(=O)[C@@H]1Cc2ccccc2N1C(=O)c1cnc2cc(C)ccn12. The fourth-order valence-corrected chi connectivity index (χ4v) is 3.33. The lowest BCUT2D eigenvalue weighted by Crippen LogP contribution is -2.43. The zero-order chi connectivity index (χ0) is 17.6. The van der Waals surface area contributed by atoms with Gasteiger partial charge in [-0.05, 0) is 36.2 Å². The van der Waals surface area contributed by atoms with Gasteiger partial charge in [0.15, 0.2) is 0 Å². The standard InChI is InChI=1S/C19H17N3O3/c1-12-7-8-21-16(11-20-17(21)9-12)18(23)22-14-6-4-3-5-13(14)10-15(22)19(24)25-2/h3-9,11,15H,10H2,1-2H3/t15-/m0/s1. The molecule has 0 spiro atoms. The second-order valence-corrected chi connectivity index (χ2v) is 6.12. The normalized spacial score (nSPS) is 16.1. The molecule has 0 bridgehead atoms. The topological polar surface area (TPSA) is 63.9 Å². The molecular weight excluding hydrogens is 318 g/mol. The highest BCUT2D eigenvalue weighted by Crippen LogP contribution is 2.34. The van der Waals surface area contributed by atoms with Gasteiger partial charge in [-0.2, -0.15) is 0 Å². The zero-order valence-corrected chi connectivity index (χ0v) is 14.0. The number of carbonyl (C=O) groups is 2. The summed E-state index contributed by atoms with van der Waals surface area (Å²) >= 11 is 0. The minimum atomic E-state index is -0.661. The van der Waals surface area contributed by atoms with E-state index in [0.29, 0.717) is 17.8 Å². The molecule has 3 heterocycles. The Bertz CT molecular complexity index is 992. The van der Waals surface area contributed by atoms with Crippen LogP contribution in [-0.4, -0.2) is 34.4 Å². The summed E-state index contributed by atoms with van der Waals surface area (Å²) < 4.78 is 6.65. The Morgan fingerprint density at radius 2 is 2.04 bits per heavy atom. The number of hydrogen-bond acceptors (Lipinski definition) is 4. The molecule has 0 unspecified atom stereocenters. The molecule has 0 fully saturated rings. The second kappa shape index (κ2) is 5.73. The summed E-state index contributed by atoms with van der Waals surface area (Å²) in [5.74, 6) is -0.689. The molecular formula is C19H17N3O3. The lowest BCUT2D eigenvalue weighted by Gasteiger charge is -2.23. The van der Waals surface area contributed by atoms with Gasteiger partial charge in [-0.15, -0.1) is 0 Å². The average Bonchev–Trinajstić information content (AvgIpc) is 3.21. The number of para-hydroxylation sites is 1. The molecule has 1 amide bonds. The van der Waals surface area contributed by atoms with Gasteiger partial charge in [-0.25, -0.2) is 9.78 Å². The van der Waals surface area contributed by atoms with Crippen molar-refractivity contribution in [1.82, 2.24) is 9.38 Å². The Kier molecular flexibility index (Phi) is 3.53. The van der Waals surface area contributed by atoms with Crippen molar-refractivity contribution in [3.8, 4) is 0 Å². The van der Waals surface area contributed by atoms with E-state index in [4.69, 9.17) is 4.74 Å². The minimum Gasteiger partial charge on any atom is -0.467 e. The van der Waals surface area contributed by atoms with Crippen molar-refractivity contribution in [2.24, 2.45) is 0 Å². The van der Waals surface area contributed by atoms with Crippen molar-refractivity contribution in [2.45, 2.75) is 19.4 Å². The monoisotopic (exact) mass is 335 g/mol. The summed E-state index contributed by atoms with van der Waals surface area (Å²) in [6.07, 6.45) is 3.82. The van der Waals surface area contributed by atoms with E-state index in [9.17, 15) is 9.59 Å². The van der Waals surface area contributed by atoms with Crippen molar-refractivity contribution < 1.29 is 14.3 Å². The molecule has 4 rings (SSSR count). The van der Waals surface area contributed by atoms with Crippen molar-refractivity contribution in [3.63, 3.8) is 0 Å². The Morgan fingerprint density at radius 1 is 1.24 bits per heavy atom. The van der Waals surface area contributed by atoms with E-state index < -0.39 is 12.0 Å². The van der Waals surface area contributed by atoms with Gasteiger partial charge in [0.05, 0.1) is 13.3 Å². The Labute approximate surface area is 144 Å². The molecule has 0 radical (unpaired) electrons. The average molecular weight is 335 g/mol. The predicted octanol–water partition coefficient (Wildman–Crippen LogP) is 2.39. The van der Waals surface area contributed by atoms with Crippen LogP contribution in [0.4, 0.5) is 5.69 Å². The number of aryl methyl sites for hydroxylation is 1. The van der Waals surface area contributed by atoms with Gasteiger partial charge in [0.1, 0.15) is 17.4 Å². The van der Waals surface area contributed by atoms with Gasteiger partial charge in [0.2, 0.25) is 0 Å². The highest BCUT2D eigenvalue weighted by atomic mass is 16.5. The van der Waals surface area contributed by atoms with Crippen LogP contribution in [0.5, 0.6) is 0 Å². The number of hydrogen-bond donors (Lipinski definition) is 0. The van der Waals surface area contributed by atoms with Crippen molar-refractivity contribution >= 4 is 23.2 Å². The number of fused-ring (bicyclic) bond motifs is 2. The van der Waals surface area contributed by atoms with Crippen LogP contribution in [-0.2, 0) is 16.0 Å². The lowest BCUT2D eigenvalue weighted by molar-refractivity contribution is -0.141. The molecule has 6 nitrogen and oxygen atoms in total. The number of methoxy groups -OCH3 is 1. The Balaban J connectivity index is 1.82. The van der Waals surface area contributed by atoms with Crippen LogP contribution in [0.15, 0.2) is 48.8 Å². The van der Waals surface area contributed by atoms with Crippen LogP contribution in [0.25, 0.3) is 5.65 Å². The van der Waals surface area contributed by atoms with Gasteiger partial charge < -0.3 is 4.74 Å². The largest absolute Gasteiger partial charge is 0.467 e. The van der Waals surface area contributed by atoms with Crippen LogP contribution in [0.2, 0.25) is 0 Å². The Morgan fingerprint density at radius 3 is 2.84 bits per heavy atom. The maximum Gasteiger partial charge on any atom is 0.329 e. The van der Waals surface area contributed by atoms with Crippen LogP contribution in [0.3, 0.4) is 0 Å². The number of ether oxygens (including phenoxy) is 1. The molecule has 0 saturated heterocycles. The quantitative estimate of drug-likeness (QED) is 0.675. The van der Waals surface area contributed by atoms with Crippen LogP contribution < -0.4 is 4.90 Å². The molecule has 25 heavy (non-hydrogen) atoms. The van der Waals surface area contributed by atoms with Crippen LogP contribution in [0.1, 0.15) is 21.6 Å². The summed E-state index contributed by atoms with van der Waals surface area (Å²) in [5, 5.41) is 0. The van der Waals surface area contributed by atoms with E-state index in [-0.39, 0.29) is 5.91 Å². The van der Waals surface area contributed by atoms with Crippen molar-refractivity contribution in [1.29, 1.82) is 0 Å². The first kappa shape index (κ1) is 15.4. The van der Waals surface area contributed by atoms with Gasteiger partial charge in [-0.1, -0.05) is 18.2 Å². The molecule has 1 aliphatic heterocycles. The van der Waals surface area contributed by atoms with Gasteiger partial charge in [0, 0.05) is 18.3 Å². The van der Waals surface area contributed by atoms with Gasteiger partial charge in [-0.3, -0.25) is 14.1 Å². The number of anilines is 1. The van der Waals surface area contributed by atoms with Gasteiger partial charge in [0.25, 0.3) is 5.91 Å². The molecule has 6 heteroatoms. The fourth-order valence-electron chi connectivity index (χ4n) is 3.33. The van der Waals surface area contributed by atoms with Crippen LogP contribution >= 0.6 is 0 Å². The van der Waals surface area contributed by atoms with Crippen molar-refractivity contribution in [2.75, 3.05) is 12.0 Å². The number of rotatable bonds is 2. The summed E-state index contributed by atoms with van der Waals surface area (Å²) in [5.41, 5.74) is 3.88. The number of imidazole rings is 1. The molecule has 126 valence electrons. The van der Waals surface area contributed by atoms with Crippen LogP contribution in [0, 0.1) is 6.92 Å². The molecule has 1 atom stereocenters. The molecule has 0 aliphatic carbocycles. The molecule has 1 aliphatic rings. The molecule has 3 aromatic rings. The number of carbonyl (C=O) groups excluding carboxylic acids is 2. The first-order chi connectivity index (χ1) is 12.1. The highest BCUT2D eigenvalue weighted by molar-refractivity contribution is 6.10. The molecule has 0 N–H and O–H groups in total. The number of pyridine rings is 1. The number of nitrogens with zero attached hydrogens (tertiary/aromatic N) is 3. The number of benzene rings is 1. The minimum absolute atomic E-state index is 0.267. The first-order valence-corrected chi connectivity index (χ1v) is 8.03. The molecule has 2 aromatic heterocycles. The van der Waals surface area contributed by atoms with E-state index >= 15 is 0 Å². The van der Waals surface area contributed by atoms with E-state index in [2.05, 4.69) is 4.98 Å². The highest BCUT2D eigenvalue weighted by Gasteiger charge is 2.40. The summed E-state index contributed by atoms with van der Waals surface area (Å²) in [6, 6.07) is 10.7. The second-order valence-electron chi connectivity index (χ2n) is 6.12. The number of aromatic nitrogens is 2. The van der Waals surface area contributed by atoms with Crippen molar-refractivity contribution in [3.05, 3.63) is 65.6 Å². The maximum atomic E-state index is 13.3. The zero-order valence-electron chi connectivity index (χ0n) is 14.0. The van der Waals surface area contributed by atoms with E-state index in [0.717, 1.165) is 16.8 Å². The summed E-state index contributed by atoms with van der Waals surface area (Å²) in [4.78, 5) is 31.3. The third-order valence-electron chi connectivity index (χ3n) is 4.56. The summed E-state index contributed by atoms with van der Waals surface area (Å²) in [6.45, 7) is 1.97. The van der Waals surface area contributed by atoms with E-state index in [1.165, 1.54) is 12.0 Å². The predicted molar refractivity (Wildman–Crippen MR) is 92.7 cm³/mol. The lowest BCUT2D eigenvalue weighted by atomic mass is 10.1. The van der Waals surface area contributed by atoms with Gasteiger partial charge >= 0.3 is 5.97 Å². The smallest absolute Gasteiger partial charge is 0.329 e. The molecule has 1 aromatic carbocycles. The maximum absolute atomic E-state index is 13.3. The molecule has 0 saturated carbocycles. The fraction of sp³-hybridized carbons (Fsp3) is 0.211. The third kappa shape index (κ3) is 2.38. The number of amides is 1. The summed E-state index contributed by atoms with van der Waals surface area (Å²) in [7, 11) is 1.34. The Hall–Kier alpha value is -3.15. The number of esters is 1. The first-order valence-electron chi connectivity index (χ1n) is 8.03. The third-order valence-corrected chi connectivity index (χ3v) is 4.56. The van der Waals surface area contributed by atoms with E-state index in [1.54, 1.807) is 10.6 Å². The van der Waals surface area contributed by atoms with E-state index in [1.807, 2.05) is 49.5 Å².